The Morgan fingerprint density at radius 3 is 2.91 bits per heavy atom. The third kappa shape index (κ3) is 3.36. The second kappa shape index (κ2) is 6.90. The van der Waals surface area contributed by atoms with Crippen LogP contribution in [0.1, 0.15) is 24.0 Å². The number of nitrogens with one attached hydrogen (secondary N) is 1. The van der Waals surface area contributed by atoms with Crippen LogP contribution in [0.2, 0.25) is 0 Å². The quantitative estimate of drug-likeness (QED) is 0.895. The second-order valence-electron chi connectivity index (χ2n) is 5.63. The van der Waals surface area contributed by atoms with Gasteiger partial charge in [0.2, 0.25) is 10.0 Å². The molecule has 1 aromatic carbocycles. The van der Waals surface area contributed by atoms with E-state index in [-0.39, 0.29) is 17.0 Å². The first-order valence-electron chi connectivity index (χ1n) is 7.80. The first-order valence-corrected chi connectivity index (χ1v) is 9.24. The van der Waals surface area contributed by atoms with E-state index in [1.807, 2.05) is 0 Å². The van der Waals surface area contributed by atoms with Gasteiger partial charge in [-0.25, -0.2) is 12.8 Å². The van der Waals surface area contributed by atoms with Crippen molar-refractivity contribution in [2.24, 2.45) is 4.99 Å². The molecule has 3 rings (SSSR count). The average molecular weight is 337 g/mol. The van der Waals surface area contributed by atoms with Crippen molar-refractivity contribution in [3.63, 3.8) is 0 Å². The largest absolute Gasteiger partial charge is 0.315 e. The normalized spacial score (nSPS) is 20.1. The van der Waals surface area contributed by atoms with Gasteiger partial charge in [-0.1, -0.05) is 12.1 Å². The summed E-state index contributed by atoms with van der Waals surface area (Å²) >= 11 is 0. The van der Waals surface area contributed by atoms with E-state index in [0.717, 1.165) is 19.4 Å². The van der Waals surface area contributed by atoms with Crippen LogP contribution in [0.25, 0.3) is 5.83 Å². The zero-order valence-corrected chi connectivity index (χ0v) is 13.7. The van der Waals surface area contributed by atoms with Crippen molar-refractivity contribution in [3.8, 4) is 0 Å². The lowest BCUT2D eigenvalue weighted by Crippen LogP contribution is -2.40. The Hall–Kier alpha value is -1.57. The Morgan fingerprint density at radius 1 is 1.17 bits per heavy atom. The average Bonchev–Trinajstić information content (AvgIpc) is 2.68. The molecule has 1 N–H and O–H groups in total. The fourth-order valence-electron chi connectivity index (χ4n) is 2.87. The van der Waals surface area contributed by atoms with Crippen LogP contribution in [0.15, 0.2) is 34.2 Å². The van der Waals surface area contributed by atoms with Crippen LogP contribution in [0, 0.1) is 0 Å². The Labute approximate surface area is 136 Å². The highest BCUT2D eigenvalue weighted by Crippen LogP contribution is 2.30. The summed E-state index contributed by atoms with van der Waals surface area (Å²) in [5, 5.41) is 3.21. The van der Waals surface area contributed by atoms with Gasteiger partial charge in [-0.05, 0) is 31.5 Å². The molecule has 1 aromatic rings. The number of benzene rings is 1. The molecule has 2 aliphatic rings. The summed E-state index contributed by atoms with van der Waals surface area (Å²) in [6, 6.07) is 4.80. The molecule has 1 fully saturated rings. The summed E-state index contributed by atoms with van der Waals surface area (Å²) < 4.78 is 42.0. The van der Waals surface area contributed by atoms with Crippen LogP contribution >= 0.6 is 0 Å². The summed E-state index contributed by atoms with van der Waals surface area (Å²) in [5.74, 6) is -0.526. The minimum absolute atomic E-state index is 0.0256. The zero-order chi connectivity index (χ0) is 16.3. The van der Waals surface area contributed by atoms with Crippen molar-refractivity contribution in [1.82, 2.24) is 9.62 Å². The van der Waals surface area contributed by atoms with Crippen molar-refractivity contribution in [2.45, 2.75) is 17.7 Å². The van der Waals surface area contributed by atoms with Crippen molar-refractivity contribution >= 4 is 22.1 Å². The van der Waals surface area contributed by atoms with E-state index in [4.69, 9.17) is 0 Å². The summed E-state index contributed by atoms with van der Waals surface area (Å²) in [6.07, 6.45) is 4.57. The predicted octanol–water partition coefficient (Wildman–Crippen LogP) is 1.80. The molecule has 7 heteroatoms. The molecule has 0 radical (unpaired) electrons. The molecule has 5 nitrogen and oxygen atoms in total. The number of hydrogen-bond acceptors (Lipinski definition) is 4. The monoisotopic (exact) mass is 337 g/mol. The van der Waals surface area contributed by atoms with E-state index in [1.54, 1.807) is 12.1 Å². The van der Waals surface area contributed by atoms with Gasteiger partial charge in [0.15, 0.2) is 0 Å². The zero-order valence-electron chi connectivity index (χ0n) is 12.8. The van der Waals surface area contributed by atoms with Gasteiger partial charge in [0.1, 0.15) is 5.83 Å². The lowest BCUT2D eigenvalue weighted by atomic mass is 10.1. The first-order chi connectivity index (χ1) is 11.1. The van der Waals surface area contributed by atoms with Gasteiger partial charge in [0, 0.05) is 37.0 Å². The van der Waals surface area contributed by atoms with E-state index >= 15 is 0 Å². The molecule has 0 saturated carbocycles. The van der Waals surface area contributed by atoms with E-state index in [1.165, 1.54) is 22.7 Å². The number of rotatable bonds is 2. The Morgan fingerprint density at radius 2 is 2.04 bits per heavy atom. The number of aliphatic imine (C=N–C) groups is 1. The third-order valence-electron chi connectivity index (χ3n) is 4.07. The second-order valence-corrected chi connectivity index (χ2v) is 7.53. The highest BCUT2D eigenvalue weighted by Gasteiger charge is 2.29. The van der Waals surface area contributed by atoms with E-state index < -0.39 is 15.9 Å². The Balaban J connectivity index is 2.05. The smallest absolute Gasteiger partial charge is 0.243 e. The van der Waals surface area contributed by atoms with E-state index in [2.05, 4.69) is 10.3 Å². The number of sulfonamides is 1. The summed E-state index contributed by atoms with van der Waals surface area (Å²) in [6.45, 7) is 2.59. The molecule has 0 unspecified atom stereocenters. The van der Waals surface area contributed by atoms with Crippen LogP contribution in [-0.4, -0.2) is 51.7 Å². The molecule has 0 bridgehead atoms. The molecule has 124 valence electrons. The SMILES string of the molecule is O=S(=O)(c1cccc2c1C(F)=CCN=C2)N1CCCCNCC1. The standard InChI is InChI=1S/C16H20FN3O2S/c17-14-6-8-19-12-13-4-3-5-15(16(13)14)23(21,22)20-10-2-1-7-18-9-11-20/h3-6,12,18H,1-2,7-11H2. The van der Waals surface area contributed by atoms with Gasteiger partial charge in [-0.15, -0.1) is 0 Å². The Bertz CT molecular complexity index is 736. The molecule has 0 aliphatic carbocycles. The maximum atomic E-state index is 14.4. The minimum atomic E-state index is -3.74. The number of halogens is 1. The van der Waals surface area contributed by atoms with Crippen LogP contribution in [0.4, 0.5) is 4.39 Å². The van der Waals surface area contributed by atoms with Gasteiger partial charge in [-0.2, -0.15) is 4.31 Å². The molecule has 0 aromatic heterocycles. The molecule has 0 atom stereocenters. The summed E-state index contributed by atoms with van der Waals surface area (Å²) in [7, 11) is -3.74. The lowest BCUT2D eigenvalue weighted by molar-refractivity contribution is 0.372. The van der Waals surface area contributed by atoms with Gasteiger partial charge in [0.25, 0.3) is 0 Å². The molecular formula is C16H20FN3O2S. The Kier molecular flexibility index (Phi) is 4.89. The maximum absolute atomic E-state index is 14.4. The van der Waals surface area contributed by atoms with Gasteiger partial charge >= 0.3 is 0 Å². The van der Waals surface area contributed by atoms with Crippen LogP contribution in [0.5, 0.6) is 0 Å². The number of hydrogen-bond donors (Lipinski definition) is 1. The highest BCUT2D eigenvalue weighted by molar-refractivity contribution is 7.89. The molecule has 0 amide bonds. The fraction of sp³-hybridized carbons (Fsp3) is 0.438. The molecule has 0 spiro atoms. The molecule has 23 heavy (non-hydrogen) atoms. The molecule has 2 aliphatic heterocycles. The minimum Gasteiger partial charge on any atom is -0.315 e. The molecular weight excluding hydrogens is 317 g/mol. The first kappa shape index (κ1) is 16.3. The van der Waals surface area contributed by atoms with Crippen LogP contribution in [0.3, 0.4) is 0 Å². The van der Waals surface area contributed by atoms with E-state index in [0.29, 0.717) is 25.2 Å². The van der Waals surface area contributed by atoms with Gasteiger partial charge < -0.3 is 5.32 Å². The molecule has 2 heterocycles. The summed E-state index contributed by atoms with van der Waals surface area (Å²) in [5.41, 5.74) is 0.631. The lowest BCUT2D eigenvalue weighted by Gasteiger charge is -2.25. The highest BCUT2D eigenvalue weighted by atomic mass is 32.2. The summed E-state index contributed by atoms with van der Waals surface area (Å²) in [4.78, 5) is 4.09. The topological polar surface area (TPSA) is 61.8 Å². The number of nitrogens with zero attached hydrogens (tertiary/aromatic N) is 2. The third-order valence-corrected chi connectivity index (χ3v) is 6.01. The van der Waals surface area contributed by atoms with Gasteiger partial charge in [-0.3, -0.25) is 4.99 Å². The van der Waals surface area contributed by atoms with Crippen molar-refractivity contribution in [3.05, 3.63) is 35.4 Å². The van der Waals surface area contributed by atoms with Crippen molar-refractivity contribution < 1.29 is 12.8 Å². The van der Waals surface area contributed by atoms with Crippen LogP contribution in [-0.2, 0) is 10.0 Å². The van der Waals surface area contributed by atoms with E-state index in [9.17, 15) is 12.8 Å². The number of fused-ring (bicyclic) bond motifs is 1. The fourth-order valence-corrected chi connectivity index (χ4v) is 4.57. The van der Waals surface area contributed by atoms with Crippen molar-refractivity contribution in [2.75, 3.05) is 32.7 Å². The van der Waals surface area contributed by atoms with Gasteiger partial charge in [0.05, 0.1) is 11.4 Å². The maximum Gasteiger partial charge on any atom is 0.243 e. The van der Waals surface area contributed by atoms with Crippen LogP contribution < -0.4 is 5.32 Å². The molecule has 1 saturated heterocycles. The van der Waals surface area contributed by atoms with Crippen molar-refractivity contribution in [1.29, 1.82) is 0 Å². The predicted molar refractivity (Wildman–Crippen MR) is 88.9 cm³/mol.